The number of anilines is 1. The highest BCUT2D eigenvalue weighted by atomic mass is 16.6. The summed E-state index contributed by atoms with van der Waals surface area (Å²) in [5.41, 5.74) is 3.43. The van der Waals surface area contributed by atoms with Gasteiger partial charge in [0.15, 0.2) is 11.5 Å². The summed E-state index contributed by atoms with van der Waals surface area (Å²) in [7, 11) is 1.68. The number of ether oxygens (including phenoxy) is 3. The van der Waals surface area contributed by atoms with E-state index in [-0.39, 0.29) is 11.9 Å². The molecule has 1 amide bonds. The lowest BCUT2D eigenvalue weighted by atomic mass is 10.0. The molecule has 3 aliphatic rings. The molecule has 0 bridgehead atoms. The van der Waals surface area contributed by atoms with Crippen molar-refractivity contribution in [1.29, 1.82) is 0 Å². The number of hydrogen-bond acceptors (Lipinski definition) is 5. The second-order valence-corrected chi connectivity index (χ2v) is 8.18. The summed E-state index contributed by atoms with van der Waals surface area (Å²) in [5, 5.41) is 0. The molecule has 2 aromatic carbocycles. The fourth-order valence-electron chi connectivity index (χ4n) is 4.88. The zero-order valence-electron chi connectivity index (χ0n) is 17.4. The van der Waals surface area contributed by atoms with Crippen LogP contribution < -0.4 is 19.1 Å². The van der Waals surface area contributed by atoms with E-state index in [4.69, 9.17) is 14.2 Å². The minimum atomic E-state index is 0.172. The van der Waals surface area contributed by atoms with E-state index in [0.29, 0.717) is 19.8 Å². The van der Waals surface area contributed by atoms with Gasteiger partial charge in [-0.05, 0) is 73.7 Å². The van der Waals surface area contributed by atoms with Gasteiger partial charge < -0.3 is 19.1 Å². The number of carbonyl (C=O) groups excluding carboxylic acids is 1. The molecule has 0 spiro atoms. The van der Waals surface area contributed by atoms with E-state index in [1.807, 2.05) is 23.1 Å². The van der Waals surface area contributed by atoms with Gasteiger partial charge in [-0.15, -0.1) is 0 Å². The Morgan fingerprint density at radius 1 is 1.07 bits per heavy atom. The molecule has 30 heavy (non-hydrogen) atoms. The largest absolute Gasteiger partial charge is 0.497 e. The van der Waals surface area contributed by atoms with Gasteiger partial charge in [-0.1, -0.05) is 6.07 Å². The van der Waals surface area contributed by atoms with E-state index >= 15 is 0 Å². The number of carbonyl (C=O) groups is 1. The Balaban J connectivity index is 1.33. The number of hydrogen-bond donors (Lipinski definition) is 0. The average molecular weight is 408 g/mol. The van der Waals surface area contributed by atoms with Crippen LogP contribution in [0.15, 0.2) is 36.4 Å². The molecule has 2 aromatic rings. The summed E-state index contributed by atoms with van der Waals surface area (Å²) >= 11 is 0. The lowest BCUT2D eigenvalue weighted by Crippen LogP contribution is -2.42. The SMILES string of the molecule is COc1ccc2c(c1)CCCN2C(=O)CN1CCCC1c1ccc2c(c1)OCCO2. The van der Waals surface area contributed by atoms with Crippen molar-refractivity contribution in [2.75, 3.05) is 44.9 Å². The van der Waals surface area contributed by atoms with Crippen LogP contribution in [0.4, 0.5) is 5.69 Å². The Morgan fingerprint density at radius 3 is 2.80 bits per heavy atom. The number of aryl methyl sites for hydroxylation is 1. The molecule has 1 fully saturated rings. The van der Waals surface area contributed by atoms with Gasteiger partial charge in [-0.2, -0.15) is 0 Å². The summed E-state index contributed by atoms with van der Waals surface area (Å²) in [5.74, 6) is 2.65. The van der Waals surface area contributed by atoms with E-state index in [2.05, 4.69) is 23.1 Å². The van der Waals surface area contributed by atoms with Crippen molar-refractivity contribution in [2.45, 2.75) is 31.7 Å². The predicted molar refractivity (Wildman–Crippen MR) is 115 cm³/mol. The molecular formula is C24H28N2O4. The van der Waals surface area contributed by atoms with Crippen LogP contribution in [0.3, 0.4) is 0 Å². The fourth-order valence-corrected chi connectivity index (χ4v) is 4.88. The van der Waals surface area contributed by atoms with E-state index in [0.717, 1.165) is 61.7 Å². The third kappa shape index (κ3) is 3.60. The van der Waals surface area contributed by atoms with Gasteiger partial charge >= 0.3 is 0 Å². The molecule has 0 saturated carbocycles. The van der Waals surface area contributed by atoms with Crippen molar-refractivity contribution in [3.05, 3.63) is 47.5 Å². The van der Waals surface area contributed by atoms with Gasteiger partial charge in [0.2, 0.25) is 5.91 Å². The first-order valence-electron chi connectivity index (χ1n) is 10.8. The van der Waals surface area contributed by atoms with E-state index in [1.165, 1.54) is 11.1 Å². The second-order valence-electron chi connectivity index (χ2n) is 8.18. The van der Waals surface area contributed by atoms with Crippen LogP contribution in [-0.2, 0) is 11.2 Å². The first-order chi connectivity index (χ1) is 14.7. The smallest absolute Gasteiger partial charge is 0.241 e. The number of benzene rings is 2. The molecule has 6 heteroatoms. The van der Waals surface area contributed by atoms with Gasteiger partial charge in [0, 0.05) is 18.3 Å². The van der Waals surface area contributed by atoms with Crippen LogP contribution in [0, 0.1) is 0 Å². The summed E-state index contributed by atoms with van der Waals surface area (Å²) in [6.45, 7) is 3.33. The van der Waals surface area contributed by atoms with Crippen molar-refractivity contribution < 1.29 is 19.0 Å². The maximum Gasteiger partial charge on any atom is 0.241 e. The number of rotatable bonds is 4. The first kappa shape index (κ1) is 19.2. The van der Waals surface area contributed by atoms with Gasteiger partial charge in [-0.3, -0.25) is 9.69 Å². The van der Waals surface area contributed by atoms with E-state index < -0.39 is 0 Å². The highest BCUT2D eigenvalue weighted by Crippen LogP contribution is 2.38. The molecule has 0 N–H and O–H groups in total. The Bertz CT molecular complexity index is 945. The number of methoxy groups -OCH3 is 1. The minimum Gasteiger partial charge on any atom is -0.497 e. The molecule has 0 aromatic heterocycles. The molecule has 1 saturated heterocycles. The van der Waals surface area contributed by atoms with Crippen molar-refractivity contribution in [2.24, 2.45) is 0 Å². The molecular weight excluding hydrogens is 380 g/mol. The lowest BCUT2D eigenvalue weighted by molar-refractivity contribution is -0.120. The molecule has 158 valence electrons. The maximum atomic E-state index is 13.3. The lowest BCUT2D eigenvalue weighted by Gasteiger charge is -2.33. The normalized spacial score (nSPS) is 20.7. The predicted octanol–water partition coefficient (Wildman–Crippen LogP) is 3.58. The third-order valence-corrected chi connectivity index (χ3v) is 6.36. The summed E-state index contributed by atoms with van der Waals surface area (Å²) in [4.78, 5) is 17.6. The molecule has 6 nitrogen and oxygen atoms in total. The van der Waals surface area contributed by atoms with Crippen LogP contribution in [0.25, 0.3) is 0 Å². The number of amides is 1. The van der Waals surface area contributed by atoms with Crippen molar-refractivity contribution >= 4 is 11.6 Å². The Hall–Kier alpha value is -2.73. The highest BCUT2D eigenvalue weighted by Gasteiger charge is 2.31. The molecule has 0 radical (unpaired) electrons. The Labute approximate surface area is 177 Å². The second kappa shape index (κ2) is 8.19. The van der Waals surface area contributed by atoms with Gasteiger partial charge in [-0.25, -0.2) is 0 Å². The van der Waals surface area contributed by atoms with Gasteiger partial charge in [0.05, 0.1) is 13.7 Å². The third-order valence-electron chi connectivity index (χ3n) is 6.36. The monoisotopic (exact) mass is 408 g/mol. The zero-order chi connectivity index (χ0) is 20.5. The molecule has 3 aliphatic heterocycles. The van der Waals surface area contributed by atoms with Crippen molar-refractivity contribution in [1.82, 2.24) is 4.90 Å². The zero-order valence-corrected chi connectivity index (χ0v) is 17.4. The molecule has 1 unspecified atom stereocenters. The Kier molecular flexibility index (Phi) is 5.25. The molecule has 5 rings (SSSR count). The number of likely N-dealkylation sites (tertiary alicyclic amines) is 1. The van der Waals surface area contributed by atoms with E-state index in [1.54, 1.807) is 7.11 Å². The maximum absolute atomic E-state index is 13.3. The summed E-state index contributed by atoms with van der Waals surface area (Å²) in [6.07, 6.45) is 4.12. The van der Waals surface area contributed by atoms with Crippen LogP contribution in [0.1, 0.15) is 36.4 Å². The molecule has 1 atom stereocenters. The van der Waals surface area contributed by atoms with Crippen LogP contribution in [0.5, 0.6) is 17.2 Å². The minimum absolute atomic E-state index is 0.172. The van der Waals surface area contributed by atoms with Crippen LogP contribution in [-0.4, -0.2) is 50.8 Å². The number of nitrogens with zero attached hydrogens (tertiary/aromatic N) is 2. The van der Waals surface area contributed by atoms with Crippen molar-refractivity contribution in [3.63, 3.8) is 0 Å². The number of fused-ring (bicyclic) bond motifs is 2. The Morgan fingerprint density at radius 2 is 1.93 bits per heavy atom. The van der Waals surface area contributed by atoms with Crippen LogP contribution >= 0.6 is 0 Å². The first-order valence-corrected chi connectivity index (χ1v) is 10.8. The topological polar surface area (TPSA) is 51.2 Å². The standard InChI is InChI=1S/C24H28N2O4/c1-28-19-7-8-21-17(14-19)4-2-11-26(21)24(27)16-25-10-3-5-20(25)18-6-9-22-23(15-18)30-13-12-29-22/h6-9,14-15,20H,2-5,10-13,16H2,1H3. The van der Waals surface area contributed by atoms with Crippen LogP contribution in [0.2, 0.25) is 0 Å². The molecule has 0 aliphatic carbocycles. The summed E-state index contributed by atoms with van der Waals surface area (Å²) < 4.78 is 16.8. The highest BCUT2D eigenvalue weighted by molar-refractivity contribution is 5.96. The van der Waals surface area contributed by atoms with Gasteiger partial charge in [0.25, 0.3) is 0 Å². The summed E-state index contributed by atoms with van der Waals surface area (Å²) in [6, 6.07) is 12.5. The fraction of sp³-hybridized carbons (Fsp3) is 0.458. The van der Waals surface area contributed by atoms with E-state index in [9.17, 15) is 4.79 Å². The molecule has 3 heterocycles. The average Bonchev–Trinajstić information content (AvgIpc) is 3.25. The van der Waals surface area contributed by atoms with Gasteiger partial charge in [0.1, 0.15) is 19.0 Å². The quantitative estimate of drug-likeness (QED) is 0.774. The van der Waals surface area contributed by atoms with Crippen molar-refractivity contribution in [3.8, 4) is 17.2 Å².